The van der Waals surface area contributed by atoms with E-state index in [9.17, 15) is 19.2 Å². The van der Waals surface area contributed by atoms with Crippen molar-refractivity contribution in [3.63, 3.8) is 0 Å². The first-order valence-corrected chi connectivity index (χ1v) is 4.57. The summed E-state index contributed by atoms with van der Waals surface area (Å²) in [4.78, 5) is 43.6. The number of esters is 4. The van der Waals surface area contributed by atoms with Crippen LogP contribution in [0.15, 0.2) is 24.3 Å². The predicted octanol–water partition coefficient (Wildman–Crippen LogP) is -0.801. The third-order valence-corrected chi connectivity index (χ3v) is 1.55. The molecule has 0 saturated carbocycles. The molecule has 8 nitrogen and oxygen atoms in total. The Morgan fingerprint density at radius 1 is 1.11 bits per heavy atom. The molecule has 0 spiro atoms. The molecule has 96 valence electrons. The molecule has 0 aromatic heterocycles. The Bertz CT molecular complexity index is 413. The van der Waals surface area contributed by atoms with E-state index >= 15 is 0 Å². The molecule has 0 saturated heterocycles. The Kier molecular flexibility index (Phi) is 4.61. The maximum Gasteiger partial charge on any atom is 0.413 e. The van der Waals surface area contributed by atoms with Crippen LogP contribution >= 0.6 is 0 Å². The molecule has 0 bridgehead atoms. The van der Waals surface area contributed by atoms with Crippen LogP contribution in [0.4, 0.5) is 0 Å². The van der Waals surface area contributed by atoms with Crippen molar-refractivity contribution in [2.45, 2.75) is 6.48 Å². The van der Waals surface area contributed by atoms with E-state index in [-0.39, 0.29) is 0 Å². The van der Waals surface area contributed by atoms with Gasteiger partial charge in [-0.1, -0.05) is 0 Å². The Balaban J connectivity index is 2.54. The van der Waals surface area contributed by atoms with Crippen LogP contribution in [0.2, 0.25) is 0 Å². The summed E-state index contributed by atoms with van der Waals surface area (Å²) in [5.74, 6) is -3.64. The lowest BCUT2D eigenvalue weighted by molar-refractivity contribution is -0.249. The van der Waals surface area contributed by atoms with Crippen molar-refractivity contribution >= 4 is 23.9 Å². The summed E-state index contributed by atoms with van der Waals surface area (Å²) in [5.41, 5.74) is 0. The van der Waals surface area contributed by atoms with Crippen LogP contribution in [0.3, 0.4) is 0 Å². The highest BCUT2D eigenvalue weighted by Crippen LogP contribution is 2.05. The maximum atomic E-state index is 11.1. The summed E-state index contributed by atoms with van der Waals surface area (Å²) in [6.07, 6.45) is 3.16. The second-order valence-electron chi connectivity index (χ2n) is 2.79. The maximum absolute atomic E-state index is 11.1. The van der Waals surface area contributed by atoms with Gasteiger partial charge in [-0.05, 0) is 0 Å². The number of carbonyl (C=O) groups excluding carboxylic acids is 4. The Hall–Kier alpha value is -2.64. The first kappa shape index (κ1) is 13.4. The molecule has 1 rings (SSSR count). The lowest BCUT2D eigenvalue weighted by Crippen LogP contribution is -2.26. The number of cyclic esters (lactones) is 2. The predicted molar refractivity (Wildman–Crippen MR) is 52.4 cm³/mol. The van der Waals surface area contributed by atoms with Crippen molar-refractivity contribution in [1.29, 1.82) is 0 Å². The van der Waals surface area contributed by atoms with Crippen LogP contribution in [0, 0.1) is 0 Å². The van der Waals surface area contributed by atoms with Crippen LogP contribution < -0.4 is 0 Å². The SMILES string of the molecule is COC(=O)/C=C\C(=O)OC1OC(=O)C=CC(=O)O1. The summed E-state index contributed by atoms with van der Waals surface area (Å²) in [6.45, 7) is -1.80. The second-order valence-corrected chi connectivity index (χ2v) is 2.79. The lowest BCUT2D eigenvalue weighted by Gasteiger charge is -2.13. The van der Waals surface area contributed by atoms with Gasteiger partial charge in [-0.15, -0.1) is 0 Å². The van der Waals surface area contributed by atoms with Gasteiger partial charge in [0, 0.05) is 24.3 Å². The number of carbonyl (C=O) groups is 4. The van der Waals surface area contributed by atoms with E-state index in [0.717, 1.165) is 31.4 Å². The van der Waals surface area contributed by atoms with Crippen molar-refractivity contribution in [2.24, 2.45) is 0 Å². The van der Waals surface area contributed by atoms with E-state index in [1.165, 1.54) is 0 Å². The number of hydrogen-bond acceptors (Lipinski definition) is 8. The van der Waals surface area contributed by atoms with Crippen molar-refractivity contribution in [3.8, 4) is 0 Å². The summed E-state index contributed by atoms with van der Waals surface area (Å²) in [5, 5.41) is 0. The van der Waals surface area contributed by atoms with E-state index < -0.39 is 30.4 Å². The van der Waals surface area contributed by atoms with E-state index in [1.807, 2.05) is 0 Å². The van der Waals surface area contributed by atoms with Gasteiger partial charge in [-0.25, -0.2) is 19.2 Å². The number of methoxy groups -OCH3 is 1. The third kappa shape index (κ3) is 4.47. The van der Waals surface area contributed by atoms with Crippen molar-refractivity contribution in [1.82, 2.24) is 0 Å². The molecule has 0 aliphatic carbocycles. The van der Waals surface area contributed by atoms with Crippen LogP contribution in [-0.4, -0.2) is 37.5 Å². The third-order valence-electron chi connectivity index (χ3n) is 1.55. The molecule has 0 atom stereocenters. The fourth-order valence-electron chi connectivity index (χ4n) is 0.815. The van der Waals surface area contributed by atoms with Crippen LogP contribution in [0.25, 0.3) is 0 Å². The van der Waals surface area contributed by atoms with E-state index in [0.29, 0.717) is 0 Å². The zero-order chi connectivity index (χ0) is 13.5. The van der Waals surface area contributed by atoms with Crippen molar-refractivity contribution < 1.29 is 38.1 Å². The van der Waals surface area contributed by atoms with E-state index in [2.05, 4.69) is 18.9 Å². The first-order chi connectivity index (χ1) is 8.51. The van der Waals surface area contributed by atoms with Crippen molar-refractivity contribution in [2.75, 3.05) is 7.11 Å². The summed E-state index contributed by atoms with van der Waals surface area (Å²) in [7, 11) is 1.12. The minimum absolute atomic E-state index is 0.728. The van der Waals surface area contributed by atoms with Gasteiger partial charge in [0.15, 0.2) is 0 Å². The number of ether oxygens (including phenoxy) is 4. The molecule has 1 aliphatic heterocycles. The standard InChI is InChI=1S/C10H8O8/c1-15-6(11)2-3-7(12)16-10-17-8(13)4-5-9(14)18-10/h2-5,10H,1H3/b3-2-. The zero-order valence-corrected chi connectivity index (χ0v) is 9.15. The molecule has 1 heterocycles. The Labute approximate surface area is 101 Å². The van der Waals surface area contributed by atoms with Crippen molar-refractivity contribution in [3.05, 3.63) is 24.3 Å². The van der Waals surface area contributed by atoms with E-state index in [4.69, 9.17) is 0 Å². The monoisotopic (exact) mass is 256 g/mol. The first-order valence-electron chi connectivity index (χ1n) is 4.57. The molecular weight excluding hydrogens is 248 g/mol. The fraction of sp³-hybridized carbons (Fsp3) is 0.200. The molecule has 0 amide bonds. The van der Waals surface area contributed by atoms with Gasteiger partial charge in [0.1, 0.15) is 0 Å². The fourth-order valence-corrected chi connectivity index (χ4v) is 0.815. The Morgan fingerprint density at radius 3 is 2.11 bits per heavy atom. The largest absolute Gasteiger partial charge is 0.466 e. The molecular formula is C10H8O8. The van der Waals surface area contributed by atoms with Gasteiger partial charge in [-0.2, -0.15) is 0 Å². The van der Waals surface area contributed by atoms with Gasteiger partial charge in [0.05, 0.1) is 7.11 Å². The molecule has 0 aromatic rings. The molecule has 18 heavy (non-hydrogen) atoms. The smallest absolute Gasteiger partial charge is 0.413 e. The highest BCUT2D eigenvalue weighted by molar-refractivity contribution is 5.94. The minimum Gasteiger partial charge on any atom is -0.466 e. The molecule has 8 heteroatoms. The second kappa shape index (κ2) is 6.18. The van der Waals surface area contributed by atoms with Gasteiger partial charge < -0.3 is 18.9 Å². The minimum atomic E-state index is -1.80. The molecule has 1 aliphatic rings. The number of hydrogen-bond donors (Lipinski definition) is 0. The molecule has 0 N–H and O–H groups in total. The summed E-state index contributed by atoms with van der Waals surface area (Å²) < 4.78 is 17.5. The quantitative estimate of drug-likeness (QED) is 0.477. The average Bonchev–Trinajstić information content (AvgIpc) is 2.47. The van der Waals surface area contributed by atoms with E-state index in [1.54, 1.807) is 0 Å². The van der Waals surface area contributed by atoms with Gasteiger partial charge >= 0.3 is 30.4 Å². The zero-order valence-electron chi connectivity index (χ0n) is 9.15. The lowest BCUT2D eigenvalue weighted by atomic mass is 10.5. The van der Waals surface area contributed by atoms with Gasteiger partial charge in [0.25, 0.3) is 0 Å². The molecule has 0 unspecified atom stereocenters. The highest BCUT2D eigenvalue weighted by Gasteiger charge is 2.23. The molecule has 0 fully saturated rings. The molecule has 0 aromatic carbocycles. The van der Waals surface area contributed by atoms with Gasteiger partial charge in [0.2, 0.25) is 0 Å². The average molecular weight is 256 g/mol. The summed E-state index contributed by atoms with van der Waals surface area (Å²) in [6, 6.07) is 0. The number of rotatable bonds is 3. The normalized spacial score (nSPS) is 15.8. The Morgan fingerprint density at radius 2 is 1.61 bits per heavy atom. The highest BCUT2D eigenvalue weighted by atomic mass is 16.9. The van der Waals surface area contributed by atoms with Gasteiger partial charge in [-0.3, -0.25) is 0 Å². The van der Waals surface area contributed by atoms with Crippen LogP contribution in [0.5, 0.6) is 0 Å². The topological polar surface area (TPSA) is 105 Å². The van der Waals surface area contributed by atoms with Crippen LogP contribution in [0.1, 0.15) is 0 Å². The summed E-state index contributed by atoms with van der Waals surface area (Å²) >= 11 is 0. The van der Waals surface area contributed by atoms with Crippen LogP contribution in [-0.2, 0) is 38.1 Å². The molecule has 0 radical (unpaired) electrons.